The normalized spacial score (nSPS) is 12.3. The van der Waals surface area contributed by atoms with E-state index in [0.29, 0.717) is 0 Å². The van der Waals surface area contributed by atoms with Gasteiger partial charge in [0.15, 0.2) is 5.82 Å². The maximum absolute atomic E-state index is 4.91. The zero-order valence-electron chi connectivity index (χ0n) is 20.7. The molecule has 0 saturated carbocycles. The van der Waals surface area contributed by atoms with Crippen molar-refractivity contribution in [3.05, 3.63) is 109 Å². The number of benzene rings is 5. The standard InChI is InChI=1S/C34H26N2/c1-34(2,3)23-17-15-21(16-18-23)22-19-35-33(36-20-22)32-28-12-7-6-11-27(28)30-25-10-5-4-9-24(25)26-13-8-14-29(32)31(26)30/h4-20H,1-3H3. The first-order chi connectivity index (χ1) is 17.5. The SMILES string of the molecule is CC(C)(C)c1ccc(-c2cnc(-c3c4ccccc4c4c5c(cccc35)-c3ccccc3-4)nc2)cc1. The van der Waals surface area contributed by atoms with Crippen LogP contribution in [0.2, 0.25) is 0 Å². The van der Waals surface area contributed by atoms with E-state index in [4.69, 9.17) is 9.97 Å². The fourth-order valence-corrected chi connectivity index (χ4v) is 5.68. The van der Waals surface area contributed by atoms with Crippen molar-refractivity contribution in [3.63, 3.8) is 0 Å². The third-order valence-electron chi connectivity index (χ3n) is 7.50. The minimum Gasteiger partial charge on any atom is -0.236 e. The van der Waals surface area contributed by atoms with Crippen LogP contribution in [0.15, 0.2) is 103 Å². The maximum atomic E-state index is 4.91. The summed E-state index contributed by atoms with van der Waals surface area (Å²) in [5.41, 5.74) is 9.95. The average Bonchev–Trinajstić information content (AvgIpc) is 3.25. The van der Waals surface area contributed by atoms with Crippen LogP contribution in [0.5, 0.6) is 0 Å². The highest BCUT2D eigenvalue weighted by Gasteiger charge is 2.26. The summed E-state index contributed by atoms with van der Waals surface area (Å²) in [5.74, 6) is 0.765. The van der Waals surface area contributed by atoms with Crippen molar-refractivity contribution in [2.45, 2.75) is 26.2 Å². The first-order valence-electron chi connectivity index (χ1n) is 12.5. The van der Waals surface area contributed by atoms with Gasteiger partial charge in [-0.1, -0.05) is 112 Å². The monoisotopic (exact) mass is 462 g/mol. The zero-order valence-corrected chi connectivity index (χ0v) is 20.7. The summed E-state index contributed by atoms with van der Waals surface area (Å²) in [7, 11) is 0. The predicted molar refractivity (Wildman–Crippen MR) is 151 cm³/mol. The molecule has 0 N–H and O–H groups in total. The molecule has 0 saturated heterocycles. The van der Waals surface area contributed by atoms with Gasteiger partial charge in [0.05, 0.1) is 0 Å². The van der Waals surface area contributed by atoms with Gasteiger partial charge in [0.1, 0.15) is 0 Å². The molecule has 1 aliphatic carbocycles. The van der Waals surface area contributed by atoms with Gasteiger partial charge in [0.2, 0.25) is 0 Å². The summed E-state index contributed by atoms with van der Waals surface area (Å²) in [6, 6.07) is 32.8. The largest absolute Gasteiger partial charge is 0.236 e. The average molecular weight is 463 g/mol. The van der Waals surface area contributed by atoms with E-state index < -0.39 is 0 Å². The third kappa shape index (κ3) is 3.04. The van der Waals surface area contributed by atoms with Crippen molar-refractivity contribution in [3.8, 4) is 44.8 Å². The second kappa shape index (κ2) is 7.60. The highest BCUT2D eigenvalue weighted by molar-refractivity contribution is 6.28. The molecule has 2 nitrogen and oxygen atoms in total. The van der Waals surface area contributed by atoms with Crippen molar-refractivity contribution in [1.29, 1.82) is 0 Å². The van der Waals surface area contributed by atoms with E-state index in [2.05, 4.69) is 112 Å². The summed E-state index contributed by atoms with van der Waals surface area (Å²) in [4.78, 5) is 9.83. The number of rotatable bonds is 2. The van der Waals surface area contributed by atoms with Gasteiger partial charge < -0.3 is 0 Å². The van der Waals surface area contributed by atoms with Gasteiger partial charge >= 0.3 is 0 Å². The molecule has 0 spiro atoms. The molecule has 2 heteroatoms. The minimum absolute atomic E-state index is 0.134. The Morgan fingerprint density at radius 1 is 0.500 bits per heavy atom. The topological polar surface area (TPSA) is 25.8 Å². The van der Waals surface area contributed by atoms with E-state index in [0.717, 1.165) is 22.5 Å². The lowest BCUT2D eigenvalue weighted by Gasteiger charge is -2.19. The van der Waals surface area contributed by atoms with Gasteiger partial charge in [-0.05, 0) is 60.3 Å². The lowest BCUT2D eigenvalue weighted by Crippen LogP contribution is -2.10. The first kappa shape index (κ1) is 21.0. The zero-order chi connectivity index (χ0) is 24.4. The number of hydrogen-bond acceptors (Lipinski definition) is 2. The molecule has 0 unspecified atom stereocenters. The highest BCUT2D eigenvalue weighted by atomic mass is 14.9. The molecule has 7 rings (SSSR count). The summed E-state index contributed by atoms with van der Waals surface area (Å²) in [6.45, 7) is 6.71. The van der Waals surface area contributed by atoms with Gasteiger partial charge in [-0.25, -0.2) is 9.97 Å². The molecule has 0 radical (unpaired) electrons. The van der Waals surface area contributed by atoms with Crippen molar-refractivity contribution < 1.29 is 0 Å². The van der Waals surface area contributed by atoms with Gasteiger partial charge in [0.25, 0.3) is 0 Å². The molecule has 0 bridgehead atoms. The molecule has 5 aromatic carbocycles. The lowest BCUT2D eigenvalue weighted by molar-refractivity contribution is 0.590. The molecule has 0 fully saturated rings. The second-order valence-electron chi connectivity index (χ2n) is 10.7. The predicted octanol–water partition coefficient (Wildman–Crippen LogP) is 9.06. The Labute approximate surface area is 211 Å². The Bertz CT molecular complexity index is 1790. The first-order valence-corrected chi connectivity index (χ1v) is 12.5. The van der Waals surface area contributed by atoms with E-state index in [9.17, 15) is 0 Å². The van der Waals surface area contributed by atoms with Gasteiger partial charge in [-0.15, -0.1) is 0 Å². The third-order valence-corrected chi connectivity index (χ3v) is 7.50. The minimum atomic E-state index is 0.134. The fraction of sp³-hybridized carbons (Fsp3) is 0.118. The van der Waals surface area contributed by atoms with Crippen LogP contribution in [0.1, 0.15) is 26.3 Å². The van der Waals surface area contributed by atoms with Crippen LogP contribution in [0.3, 0.4) is 0 Å². The van der Waals surface area contributed by atoms with Crippen molar-refractivity contribution >= 4 is 21.5 Å². The molecular formula is C34H26N2. The lowest BCUT2D eigenvalue weighted by atomic mass is 9.86. The Balaban J connectivity index is 1.43. The Hall–Kier alpha value is -4.30. The van der Waals surface area contributed by atoms with E-state index in [1.54, 1.807) is 0 Å². The van der Waals surface area contributed by atoms with Crippen molar-refractivity contribution in [2.75, 3.05) is 0 Å². The van der Waals surface area contributed by atoms with Crippen LogP contribution in [-0.4, -0.2) is 9.97 Å². The van der Waals surface area contributed by atoms with E-state index in [-0.39, 0.29) is 5.41 Å². The molecule has 0 amide bonds. The Kier molecular flexibility index (Phi) is 4.44. The summed E-state index contributed by atoms with van der Waals surface area (Å²) < 4.78 is 0. The molecule has 0 aliphatic heterocycles. The second-order valence-corrected chi connectivity index (χ2v) is 10.7. The number of hydrogen-bond donors (Lipinski definition) is 0. The number of nitrogens with zero attached hydrogens (tertiary/aromatic N) is 2. The smallest absolute Gasteiger partial charge is 0.160 e. The van der Waals surface area contributed by atoms with Crippen LogP contribution < -0.4 is 0 Å². The number of fused-ring (bicyclic) bond motifs is 5. The molecular weight excluding hydrogens is 436 g/mol. The number of aromatic nitrogens is 2. The maximum Gasteiger partial charge on any atom is 0.160 e. The van der Waals surface area contributed by atoms with Crippen LogP contribution in [0.4, 0.5) is 0 Å². The van der Waals surface area contributed by atoms with E-state index in [1.165, 1.54) is 49.4 Å². The van der Waals surface area contributed by atoms with Crippen molar-refractivity contribution in [1.82, 2.24) is 9.97 Å². The molecule has 1 aromatic heterocycles. The highest BCUT2D eigenvalue weighted by Crippen LogP contribution is 2.52. The Morgan fingerprint density at radius 2 is 1.08 bits per heavy atom. The van der Waals surface area contributed by atoms with Crippen LogP contribution in [0.25, 0.3) is 66.3 Å². The van der Waals surface area contributed by atoms with Crippen LogP contribution in [0, 0.1) is 0 Å². The van der Waals surface area contributed by atoms with E-state index in [1.807, 2.05) is 12.4 Å². The fourth-order valence-electron chi connectivity index (χ4n) is 5.68. The van der Waals surface area contributed by atoms with Crippen molar-refractivity contribution in [2.24, 2.45) is 0 Å². The van der Waals surface area contributed by atoms with E-state index >= 15 is 0 Å². The molecule has 6 aromatic rings. The van der Waals surface area contributed by atoms with Gasteiger partial charge in [-0.2, -0.15) is 0 Å². The van der Waals surface area contributed by atoms with Crippen LogP contribution >= 0.6 is 0 Å². The summed E-state index contributed by atoms with van der Waals surface area (Å²) in [5, 5.41) is 4.96. The molecule has 1 aliphatic rings. The summed E-state index contributed by atoms with van der Waals surface area (Å²) in [6.07, 6.45) is 3.92. The van der Waals surface area contributed by atoms with Crippen LogP contribution in [-0.2, 0) is 5.41 Å². The molecule has 0 atom stereocenters. The molecule has 1 heterocycles. The molecule has 172 valence electrons. The quantitative estimate of drug-likeness (QED) is 0.239. The molecule has 36 heavy (non-hydrogen) atoms. The van der Waals surface area contributed by atoms with Gasteiger partial charge in [0, 0.05) is 23.5 Å². The summed E-state index contributed by atoms with van der Waals surface area (Å²) >= 11 is 0. The Morgan fingerprint density at radius 3 is 1.78 bits per heavy atom. The van der Waals surface area contributed by atoms with Gasteiger partial charge in [-0.3, -0.25) is 0 Å².